The van der Waals surface area contributed by atoms with E-state index >= 15 is 0 Å². The van der Waals surface area contributed by atoms with Crippen molar-refractivity contribution in [3.8, 4) is 0 Å². The maximum Gasteiger partial charge on any atom is 0.178 e. The molecule has 29 heavy (non-hydrogen) atoms. The number of nitrogens with two attached hydrogens (primary N) is 1. The van der Waals surface area contributed by atoms with Crippen molar-refractivity contribution < 1.29 is 4.39 Å². The Hall–Kier alpha value is -2.94. The molecule has 8 nitrogen and oxygen atoms in total. The number of hydrogen-bond acceptors (Lipinski definition) is 6. The molecule has 0 unspecified atom stereocenters. The highest BCUT2D eigenvalue weighted by Crippen LogP contribution is 2.28. The first kappa shape index (κ1) is 20.8. The minimum atomic E-state index is -0.323. The number of halogens is 1. The van der Waals surface area contributed by atoms with Crippen molar-refractivity contribution in [3.05, 3.63) is 53.1 Å². The van der Waals surface area contributed by atoms with E-state index in [0.29, 0.717) is 23.5 Å². The van der Waals surface area contributed by atoms with Crippen LogP contribution >= 0.6 is 0 Å². The molecule has 2 heterocycles. The monoisotopic (exact) mass is 398 g/mol. The van der Waals surface area contributed by atoms with Crippen LogP contribution in [0.25, 0.3) is 0 Å². The van der Waals surface area contributed by atoms with Crippen LogP contribution in [-0.2, 0) is 13.0 Å². The van der Waals surface area contributed by atoms with Crippen LogP contribution < -0.4 is 10.7 Å². The minimum absolute atomic E-state index is 0.139. The molecule has 1 aliphatic rings. The van der Waals surface area contributed by atoms with Gasteiger partial charge in [-0.1, -0.05) is 19.1 Å². The molecule has 0 spiro atoms. The van der Waals surface area contributed by atoms with E-state index in [2.05, 4.69) is 44.2 Å². The average Bonchev–Trinajstić information content (AvgIpc) is 2.70. The zero-order valence-corrected chi connectivity index (χ0v) is 16.8. The molecule has 1 aromatic carbocycles. The van der Waals surface area contributed by atoms with Crippen LogP contribution in [0, 0.1) is 17.1 Å². The maximum absolute atomic E-state index is 14.6. The number of nitrogens with zero attached hydrogens (tertiary/aromatic N) is 6. The highest BCUT2D eigenvalue weighted by atomic mass is 19.1. The predicted octanol–water partition coefficient (Wildman–Crippen LogP) is 2.79. The van der Waals surface area contributed by atoms with Crippen molar-refractivity contribution in [2.45, 2.75) is 26.8 Å². The first-order valence-electron chi connectivity index (χ1n) is 9.74. The molecular formula is C20H27FN8. The van der Waals surface area contributed by atoms with Gasteiger partial charge in [0.05, 0.1) is 5.69 Å². The second-order valence-electron chi connectivity index (χ2n) is 7.60. The van der Waals surface area contributed by atoms with E-state index in [4.69, 9.17) is 11.3 Å². The molecule has 2 aromatic rings. The van der Waals surface area contributed by atoms with Gasteiger partial charge in [0.1, 0.15) is 5.82 Å². The fourth-order valence-corrected chi connectivity index (χ4v) is 3.56. The molecule has 0 amide bonds. The average molecular weight is 398 g/mol. The van der Waals surface area contributed by atoms with Crippen molar-refractivity contribution in [1.82, 2.24) is 15.1 Å². The number of amidine groups is 1. The first-order valence-corrected chi connectivity index (χ1v) is 9.74. The van der Waals surface area contributed by atoms with Crippen LogP contribution in [0.15, 0.2) is 40.8 Å². The Morgan fingerprint density at radius 3 is 2.66 bits per heavy atom. The van der Waals surface area contributed by atoms with Gasteiger partial charge in [0.2, 0.25) is 0 Å². The topological polar surface area (TPSA) is 107 Å². The highest BCUT2D eigenvalue weighted by molar-refractivity contribution is 6.02. The molecule has 0 radical (unpaired) electrons. The Labute approximate surface area is 170 Å². The second-order valence-corrected chi connectivity index (χ2v) is 7.60. The van der Waals surface area contributed by atoms with Crippen LogP contribution in [0.2, 0.25) is 0 Å². The summed E-state index contributed by atoms with van der Waals surface area (Å²) in [5.41, 5.74) is 2.80. The van der Waals surface area contributed by atoms with Crippen molar-refractivity contribution in [3.63, 3.8) is 0 Å². The SMILES string of the molecule is CC(C)Cc1cc(N2CCN(Cc3cccnn3)CC2)c(C(=N)N=NN)cc1F. The van der Waals surface area contributed by atoms with Crippen molar-refractivity contribution >= 4 is 11.5 Å². The third-order valence-electron chi connectivity index (χ3n) is 4.93. The molecular weight excluding hydrogens is 371 g/mol. The summed E-state index contributed by atoms with van der Waals surface area (Å²) in [4.78, 5) is 4.48. The molecule has 0 atom stereocenters. The van der Waals surface area contributed by atoms with E-state index in [1.54, 1.807) is 6.20 Å². The standard InChI is InChI=1S/C20H27FN8/c1-14(2)10-15-11-19(17(12-18(15)21)20(22)26-27-23)29-8-6-28(7-9-29)13-16-4-3-5-24-25-16/h3-5,11-12,14H,6-10,13H2,1-2H3,(H3,22,23,26). The molecule has 1 fully saturated rings. The lowest BCUT2D eigenvalue weighted by Crippen LogP contribution is -2.46. The number of nitrogens with one attached hydrogen (secondary N) is 1. The van der Waals surface area contributed by atoms with Gasteiger partial charge >= 0.3 is 0 Å². The molecule has 0 aliphatic carbocycles. The van der Waals surface area contributed by atoms with Crippen LogP contribution in [0.5, 0.6) is 0 Å². The third kappa shape index (κ3) is 5.32. The summed E-state index contributed by atoms with van der Waals surface area (Å²) >= 11 is 0. The zero-order valence-electron chi connectivity index (χ0n) is 16.8. The summed E-state index contributed by atoms with van der Waals surface area (Å²) in [6.07, 6.45) is 2.30. The number of aromatic nitrogens is 2. The summed E-state index contributed by atoms with van der Waals surface area (Å²) in [7, 11) is 0. The second kappa shape index (κ2) is 9.51. The fraction of sp³-hybridized carbons (Fsp3) is 0.450. The van der Waals surface area contributed by atoms with E-state index < -0.39 is 0 Å². The molecule has 3 rings (SSSR count). The Balaban J connectivity index is 1.80. The molecule has 0 saturated carbocycles. The van der Waals surface area contributed by atoms with Gasteiger partial charge < -0.3 is 10.7 Å². The largest absolute Gasteiger partial charge is 0.368 e. The predicted molar refractivity (Wildman–Crippen MR) is 110 cm³/mol. The maximum atomic E-state index is 14.6. The molecule has 0 bridgehead atoms. The van der Waals surface area contributed by atoms with E-state index in [9.17, 15) is 4.39 Å². The van der Waals surface area contributed by atoms with Crippen molar-refractivity contribution in [2.75, 3.05) is 31.1 Å². The fourth-order valence-electron chi connectivity index (χ4n) is 3.56. The van der Waals surface area contributed by atoms with Crippen LogP contribution in [-0.4, -0.2) is 47.1 Å². The molecule has 1 aromatic heterocycles. The number of benzene rings is 1. The van der Waals surface area contributed by atoms with Gasteiger partial charge in [-0.25, -0.2) is 4.39 Å². The minimum Gasteiger partial charge on any atom is -0.368 e. The third-order valence-corrected chi connectivity index (χ3v) is 4.93. The molecule has 9 heteroatoms. The molecule has 3 N–H and O–H groups in total. The van der Waals surface area contributed by atoms with E-state index in [1.807, 2.05) is 18.2 Å². The lowest BCUT2D eigenvalue weighted by Gasteiger charge is -2.37. The highest BCUT2D eigenvalue weighted by Gasteiger charge is 2.23. The van der Waals surface area contributed by atoms with Gasteiger partial charge in [-0.15, -0.1) is 5.11 Å². The first-order chi connectivity index (χ1) is 14.0. The lowest BCUT2D eigenvalue weighted by atomic mass is 9.98. The normalized spacial score (nSPS) is 15.4. The lowest BCUT2D eigenvalue weighted by molar-refractivity contribution is 0.246. The van der Waals surface area contributed by atoms with Gasteiger partial charge in [-0.2, -0.15) is 10.2 Å². The van der Waals surface area contributed by atoms with Gasteiger partial charge in [-0.3, -0.25) is 10.3 Å². The van der Waals surface area contributed by atoms with Crippen LogP contribution in [0.1, 0.15) is 30.7 Å². The number of hydrogen-bond donors (Lipinski definition) is 2. The summed E-state index contributed by atoms with van der Waals surface area (Å²) in [5, 5.41) is 23.0. The molecule has 154 valence electrons. The van der Waals surface area contributed by atoms with Crippen molar-refractivity contribution in [2.24, 2.45) is 22.1 Å². The molecule has 1 aliphatic heterocycles. The van der Waals surface area contributed by atoms with Gasteiger partial charge in [0.25, 0.3) is 0 Å². The van der Waals surface area contributed by atoms with Gasteiger partial charge in [0.15, 0.2) is 5.84 Å². The summed E-state index contributed by atoms with van der Waals surface area (Å²) in [6.45, 7) is 8.04. The van der Waals surface area contributed by atoms with Crippen LogP contribution in [0.3, 0.4) is 0 Å². The molecule has 1 saturated heterocycles. The van der Waals surface area contributed by atoms with E-state index in [1.165, 1.54) is 6.07 Å². The quantitative estimate of drug-likeness (QED) is 0.256. The van der Waals surface area contributed by atoms with Crippen molar-refractivity contribution in [1.29, 1.82) is 5.41 Å². The Morgan fingerprint density at radius 2 is 2.03 bits per heavy atom. The Bertz CT molecular complexity index is 860. The summed E-state index contributed by atoms with van der Waals surface area (Å²) < 4.78 is 14.6. The Kier molecular flexibility index (Phi) is 6.82. The number of rotatable bonds is 6. The van der Waals surface area contributed by atoms with E-state index in [0.717, 1.165) is 44.1 Å². The number of piperazine rings is 1. The van der Waals surface area contributed by atoms with Gasteiger partial charge in [-0.05, 0) is 42.2 Å². The smallest absolute Gasteiger partial charge is 0.178 e. The van der Waals surface area contributed by atoms with Crippen LogP contribution in [0.4, 0.5) is 10.1 Å². The number of anilines is 1. The zero-order chi connectivity index (χ0) is 20.8. The summed E-state index contributed by atoms with van der Waals surface area (Å²) in [6, 6.07) is 7.09. The van der Waals surface area contributed by atoms with Gasteiger partial charge in [0, 0.05) is 50.2 Å². The van der Waals surface area contributed by atoms with E-state index in [-0.39, 0.29) is 11.7 Å². The Morgan fingerprint density at radius 1 is 1.28 bits per heavy atom. The summed E-state index contributed by atoms with van der Waals surface area (Å²) in [5.74, 6) is 4.98.